The molecule has 0 aliphatic carbocycles. The Bertz CT molecular complexity index is 767. The third-order valence-electron chi connectivity index (χ3n) is 4.35. The molecule has 0 spiro atoms. The first-order chi connectivity index (χ1) is 13.2. The van der Waals surface area contributed by atoms with Gasteiger partial charge in [-0.15, -0.1) is 11.8 Å². The normalized spacial score (nSPS) is 12.2. The fourth-order valence-electron chi connectivity index (χ4n) is 2.87. The smallest absolute Gasteiger partial charge is 0.407 e. The Kier molecular flexibility index (Phi) is 6.84. The first-order valence-electron chi connectivity index (χ1n) is 8.86. The van der Waals surface area contributed by atoms with E-state index < -0.39 is 6.09 Å². The molecule has 0 saturated carbocycles. The lowest BCUT2D eigenvalue weighted by molar-refractivity contribution is 0.141. The predicted octanol–water partition coefficient (Wildman–Crippen LogP) is 3.80. The van der Waals surface area contributed by atoms with Gasteiger partial charge in [-0.3, -0.25) is 0 Å². The molecule has 1 amide bonds. The molecule has 0 saturated heterocycles. The summed E-state index contributed by atoms with van der Waals surface area (Å²) >= 11 is 1.73. The molecule has 1 aliphatic rings. The van der Waals surface area contributed by atoms with Crippen LogP contribution in [0.4, 0.5) is 4.79 Å². The van der Waals surface area contributed by atoms with Crippen LogP contribution in [-0.4, -0.2) is 42.2 Å². The van der Waals surface area contributed by atoms with Gasteiger partial charge >= 0.3 is 6.09 Å². The van der Waals surface area contributed by atoms with E-state index in [2.05, 4.69) is 35.8 Å². The van der Waals surface area contributed by atoms with Crippen LogP contribution in [-0.2, 0) is 13.1 Å². The molecule has 0 aromatic heterocycles. The summed E-state index contributed by atoms with van der Waals surface area (Å²) in [5, 5.41) is 12.8. The Balaban J connectivity index is 1.42. The number of fused-ring (bicyclic) bond motifs is 1. The highest BCUT2D eigenvalue weighted by Crippen LogP contribution is 2.32. The standard InChI is InChI=1S/C20H24N2O4S/c1-27-17-6-3-15(4-7-17)12-21-9-2-10-22(20(23)24)13-16-5-8-18-19(11-16)26-14-25-18/h3-8,11,21H,2,9-10,12-14H2,1H3,(H,23,24). The van der Waals surface area contributed by atoms with E-state index in [1.165, 1.54) is 15.4 Å². The molecule has 0 unspecified atom stereocenters. The van der Waals surface area contributed by atoms with Gasteiger partial charge in [0, 0.05) is 24.5 Å². The van der Waals surface area contributed by atoms with Gasteiger partial charge in [0.2, 0.25) is 6.79 Å². The van der Waals surface area contributed by atoms with Crippen LogP contribution in [0.3, 0.4) is 0 Å². The fraction of sp³-hybridized carbons (Fsp3) is 0.350. The lowest BCUT2D eigenvalue weighted by Crippen LogP contribution is -2.31. The molecule has 3 rings (SSSR count). The van der Waals surface area contributed by atoms with Gasteiger partial charge in [0.1, 0.15) is 0 Å². The second-order valence-corrected chi connectivity index (χ2v) is 7.15. The Labute approximate surface area is 163 Å². The molecule has 27 heavy (non-hydrogen) atoms. The summed E-state index contributed by atoms with van der Waals surface area (Å²) in [6.07, 6.45) is 1.89. The molecule has 0 radical (unpaired) electrons. The molecule has 144 valence electrons. The van der Waals surface area contributed by atoms with E-state index in [1.807, 2.05) is 18.2 Å². The maximum atomic E-state index is 11.5. The quantitative estimate of drug-likeness (QED) is 0.503. The SMILES string of the molecule is CSc1ccc(CNCCCN(Cc2ccc3c(c2)OCO3)C(=O)O)cc1. The highest BCUT2D eigenvalue weighted by atomic mass is 32.2. The Morgan fingerprint density at radius 3 is 2.63 bits per heavy atom. The van der Waals surface area contributed by atoms with Crippen LogP contribution < -0.4 is 14.8 Å². The van der Waals surface area contributed by atoms with Crippen molar-refractivity contribution in [3.05, 3.63) is 53.6 Å². The molecular weight excluding hydrogens is 364 g/mol. The van der Waals surface area contributed by atoms with Crippen molar-refractivity contribution >= 4 is 17.9 Å². The molecule has 1 heterocycles. The summed E-state index contributed by atoms with van der Waals surface area (Å²) in [7, 11) is 0. The second-order valence-electron chi connectivity index (χ2n) is 6.27. The van der Waals surface area contributed by atoms with Gasteiger partial charge in [-0.2, -0.15) is 0 Å². The van der Waals surface area contributed by atoms with E-state index in [4.69, 9.17) is 9.47 Å². The van der Waals surface area contributed by atoms with Crippen LogP contribution in [0.1, 0.15) is 17.5 Å². The molecule has 0 atom stereocenters. The topological polar surface area (TPSA) is 71.0 Å². The van der Waals surface area contributed by atoms with Gasteiger partial charge in [-0.25, -0.2) is 4.79 Å². The first kappa shape index (κ1) is 19.4. The summed E-state index contributed by atoms with van der Waals surface area (Å²) < 4.78 is 10.6. The Morgan fingerprint density at radius 2 is 1.89 bits per heavy atom. The van der Waals surface area contributed by atoms with Crippen molar-refractivity contribution < 1.29 is 19.4 Å². The number of amides is 1. The second kappa shape index (κ2) is 9.53. The van der Waals surface area contributed by atoms with E-state index in [9.17, 15) is 9.90 Å². The van der Waals surface area contributed by atoms with E-state index in [1.54, 1.807) is 11.8 Å². The number of thioether (sulfide) groups is 1. The van der Waals surface area contributed by atoms with Crippen molar-refractivity contribution in [1.82, 2.24) is 10.2 Å². The van der Waals surface area contributed by atoms with E-state index in [0.717, 1.165) is 25.1 Å². The number of nitrogens with zero attached hydrogens (tertiary/aromatic N) is 1. The summed E-state index contributed by atoms with van der Waals surface area (Å²) in [4.78, 5) is 14.2. The third kappa shape index (κ3) is 5.55. The predicted molar refractivity (Wildman–Crippen MR) is 106 cm³/mol. The maximum Gasteiger partial charge on any atom is 0.407 e. The number of rotatable bonds is 9. The molecule has 2 aromatic rings. The molecule has 1 aliphatic heterocycles. The molecule has 7 heteroatoms. The lowest BCUT2D eigenvalue weighted by atomic mass is 10.2. The average molecular weight is 388 g/mol. The van der Waals surface area contributed by atoms with E-state index >= 15 is 0 Å². The number of benzene rings is 2. The highest BCUT2D eigenvalue weighted by molar-refractivity contribution is 7.98. The van der Waals surface area contributed by atoms with Crippen LogP contribution in [0.2, 0.25) is 0 Å². The highest BCUT2D eigenvalue weighted by Gasteiger charge is 2.16. The van der Waals surface area contributed by atoms with Crippen molar-refractivity contribution in [1.29, 1.82) is 0 Å². The van der Waals surface area contributed by atoms with Gasteiger partial charge < -0.3 is 24.8 Å². The number of carbonyl (C=O) groups is 1. The number of nitrogens with one attached hydrogen (secondary N) is 1. The zero-order chi connectivity index (χ0) is 19.1. The zero-order valence-corrected chi connectivity index (χ0v) is 16.1. The molecular formula is C20H24N2O4S. The van der Waals surface area contributed by atoms with Crippen molar-refractivity contribution in [3.8, 4) is 11.5 Å². The molecule has 0 fully saturated rings. The maximum absolute atomic E-state index is 11.5. The molecule has 2 aromatic carbocycles. The van der Waals surface area contributed by atoms with Gasteiger partial charge in [0.15, 0.2) is 11.5 Å². The fourth-order valence-corrected chi connectivity index (χ4v) is 3.28. The first-order valence-corrected chi connectivity index (χ1v) is 10.1. The van der Waals surface area contributed by atoms with E-state index in [-0.39, 0.29) is 6.79 Å². The van der Waals surface area contributed by atoms with Crippen LogP contribution in [0.15, 0.2) is 47.4 Å². The summed E-state index contributed by atoms with van der Waals surface area (Å²) in [5.74, 6) is 1.38. The number of hydrogen-bond donors (Lipinski definition) is 2. The largest absolute Gasteiger partial charge is 0.465 e. The molecule has 6 nitrogen and oxygen atoms in total. The summed E-state index contributed by atoms with van der Waals surface area (Å²) in [6, 6.07) is 14.0. The lowest BCUT2D eigenvalue weighted by Gasteiger charge is -2.19. The average Bonchev–Trinajstić information content (AvgIpc) is 3.15. The van der Waals surface area contributed by atoms with Gasteiger partial charge in [-0.1, -0.05) is 18.2 Å². The third-order valence-corrected chi connectivity index (χ3v) is 5.09. The van der Waals surface area contributed by atoms with Crippen LogP contribution in [0.25, 0.3) is 0 Å². The minimum atomic E-state index is -0.916. The number of carboxylic acid groups (broad SMARTS) is 1. The number of ether oxygens (including phenoxy) is 2. The molecule has 2 N–H and O–H groups in total. The van der Waals surface area contributed by atoms with Crippen molar-refractivity contribution in [3.63, 3.8) is 0 Å². The van der Waals surface area contributed by atoms with Crippen molar-refractivity contribution in [2.75, 3.05) is 26.1 Å². The zero-order valence-electron chi connectivity index (χ0n) is 15.3. The number of hydrogen-bond acceptors (Lipinski definition) is 5. The van der Waals surface area contributed by atoms with Crippen LogP contribution in [0, 0.1) is 0 Å². The molecule has 0 bridgehead atoms. The van der Waals surface area contributed by atoms with Crippen molar-refractivity contribution in [2.24, 2.45) is 0 Å². The Morgan fingerprint density at radius 1 is 1.15 bits per heavy atom. The summed E-state index contributed by atoms with van der Waals surface area (Å²) in [6.45, 7) is 2.57. The van der Waals surface area contributed by atoms with Crippen molar-refractivity contribution in [2.45, 2.75) is 24.4 Å². The summed E-state index contributed by atoms with van der Waals surface area (Å²) in [5.41, 5.74) is 2.12. The van der Waals surface area contributed by atoms with Gasteiger partial charge in [0.05, 0.1) is 0 Å². The van der Waals surface area contributed by atoms with Gasteiger partial charge in [0.25, 0.3) is 0 Å². The van der Waals surface area contributed by atoms with Gasteiger partial charge in [-0.05, 0) is 54.6 Å². The Hall–Kier alpha value is -2.38. The van der Waals surface area contributed by atoms with Crippen LogP contribution in [0.5, 0.6) is 11.5 Å². The minimum Gasteiger partial charge on any atom is -0.465 e. The minimum absolute atomic E-state index is 0.215. The van der Waals surface area contributed by atoms with E-state index in [0.29, 0.717) is 24.6 Å². The monoisotopic (exact) mass is 388 g/mol. The van der Waals surface area contributed by atoms with Crippen LogP contribution >= 0.6 is 11.8 Å².